The van der Waals surface area contributed by atoms with Crippen molar-refractivity contribution < 1.29 is 122 Å². The van der Waals surface area contributed by atoms with Crippen molar-refractivity contribution in [3.8, 4) is 86.5 Å². The zero-order chi connectivity index (χ0) is 106. The standard InChI is InChI=1S/C27H25FN2O6S.C19H21BrN2O6.C19H22N2O6.C13H18N2O5.C8H9I2NO2.C6H5I2NO2.C3H7.CH4.BHNS.ClH.Mg/c1-5-30-13-17(20(31)12-29-26(33)15-9-10-21(34-2)22(11-15)35-3)24(32)23(27(30)36-4)18-14-37-25-16(18)7-6-8-19(25)28;1-5-22-10-12(17(24)16(20)19(22)28-4)13(23)9-21-18(25)11-6-7-14(26-2)15(8-11)27-3;1-5-21-11-13(14(22)9-18(21)27-4)15(23)10-20-19(24)12-6-7-16(25-2)17(8-12)26-3;1-15(20-4)12(16)8-14-13(17)9-5-6-10(18-2)11(7-9)19-3;1-3-11-4-5(9)7(12)6(10)8(11)13-2;1-11-6-4(8)5(10)3(7)2-9-6;1-3-2;;1-2-3;;/h6-11,13-14H,5,12H2,1-4H3,(H,29,33);6-8,10H,5,9H2,1-4H3,(H,21,25);6-9,11H,5,10H2,1-4H3,(H,20,24);5-7H,8H2,1-4H3,(H,14,17);4H,3H2,1-2H3;2H,1H3,(H,9,10);3H,1-2H3;1H4;3H;1H;/q;;;;;;-1;;;;+2/p-1. The van der Waals surface area contributed by atoms with Gasteiger partial charge < -0.3 is 125 Å². The molecule has 0 atom stereocenters. The number of ketones is 3. The SMILES string of the molecule is C.CCn1cc(C(=O)CNC(=O)c2ccc(OC)c(OC)c2)c(=O)c(-c2csc3c(F)cccc23)c1OC.CCn1cc(C(=O)CNC(=O)c2ccc(OC)c(OC)c2)c(=O)c(Br)c1OC.CCn1cc(C(=O)CNC(=O)c2ccc(OC)c(OC)c2)c(=O)cc1OC.CCn1cc(I)c(=O)c(I)c1OC.COc1[nH]cc(I)c(=O)c1I.COc1ccc(C(=O)NCC(=O)N(C)OC)cc1OC.C[CH-]C.[B]=NS.[Cl-].[Mg+2]. The molecule has 0 aliphatic rings. The van der Waals surface area contributed by atoms with Gasteiger partial charge in [0.2, 0.25) is 45.2 Å². The van der Waals surface area contributed by atoms with Gasteiger partial charge in [0.1, 0.15) is 17.4 Å². The van der Waals surface area contributed by atoms with Gasteiger partial charge in [0.05, 0.1) is 160 Å². The number of ether oxygens (including phenoxy) is 13. The van der Waals surface area contributed by atoms with Crippen LogP contribution in [-0.2, 0) is 35.8 Å². The van der Waals surface area contributed by atoms with E-state index in [9.17, 15) is 66.7 Å². The molecule has 11 rings (SSSR count). The fourth-order valence-corrected chi connectivity index (χ4v) is 17.4. The molecule has 0 spiro atoms. The Bertz CT molecular complexity index is 6600. The van der Waals surface area contributed by atoms with Crippen LogP contribution < -0.4 is 122 Å². The molecule has 1 radical (unpaired) electrons. The van der Waals surface area contributed by atoms with Crippen molar-refractivity contribution in [1.82, 2.24) is 49.6 Å². The van der Waals surface area contributed by atoms with Crippen molar-refractivity contribution in [1.29, 1.82) is 0 Å². The minimum absolute atomic E-state index is 0. The van der Waals surface area contributed by atoms with Gasteiger partial charge in [-0.25, -0.2) is 9.45 Å². The van der Waals surface area contributed by atoms with Gasteiger partial charge in [-0.3, -0.25) is 67.2 Å². The number of aromatic nitrogens is 5. The number of aromatic amines is 1. The first kappa shape index (κ1) is 132. The number of carbonyl (C=O) groups is 8. The van der Waals surface area contributed by atoms with Crippen molar-refractivity contribution in [3.63, 3.8) is 0 Å². The molecule has 0 unspecified atom stereocenters. The van der Waals surface area contributed by atoms with Crippen molar-refractivity contribution >= 4 is 218 Å². The Kier molecular flexibility index (Phi) is 61.8. The molecule has 145 heavy (non-hydrogen) atoms. The van der Waals surface area contributed by atoms with Gasteiger partial charge in [-0.15, -0.1) is 11.3 Å². The van der Waals surface area contributed by atoms with Crippen molar-refractivity contribution in [2.75, 3.05) is 133 Å². The summed E-state index contributed by atoms with van der Waals surface area (Å²) in [6.45, 7) is 12.6. The number of pyridine rings is 5. The van der Waals surface area contributed by atoms with Gasteiger partial charge in [0.25, 0.3) is 29.5 Å². The first-order valence-electron chi connectivity index (χ1n) is 42.0. The maximum atomic E-state index is 14.3. The fourth-order valence-electron chi connectivity index (χ4n) is 12.3. The third-order valence-electron chi connectivity index (χ3n) is 19.5. The Balaban J connectivity index is 0.000000888. The molecule has 11 aromatic rings. The fraction of sp³-hybridized carbons (Fsp3) is 0.312. The minimum atomic E-state index is -0.573. The summed E-state index contributed by atoms with van der Waals surface area (Å²) in [5.41, 5.74) is 0.274. The topological polar surface area (TPSA) is 450 Å². The van der Waals surface area contributed by atoms with E-state index in [1.54, 1.807) is 93.1 Å². The first-order chi connectivity index (χ1) is 67.8. The summed E-state index contributed by atoms with van der Waals surface area (Å²) in [7, 11) is 26.4. The number of hydroxylamine groups is 2. The van der Waals surface area contributed by atoms with Crippen LogP contribution in [0.3, 0.4) is 0 Å². The predicted molar refractivity (Wildman–Crippen MR) is 590 cm³/mol. The molecular weight excluding hydrogens is 2480 g/mol. The summed E-state index contributed by atoms with van der Waals surface area (Å²) >= 11 is 15.5. The van der Waals surface area contributed by atoms with E-state index >= 15 is 0 Å². The van der Waals surface area contributed by atoms with Crippen LogP contribution in [0.25, 0.3) is 21.2 Å². The summed E-state index contributed by atoms with van der Waals surface area (Å²) in [6.07, 6.45) is 9.72. The van der Waals surface area contributed by atoms with E-state index in [1.165, 1.54) is 166 Å². The van der Waals surface area contributed by atoms with Crippen LogP contribution in [0, 0.1) is 26.5 Å². The Labute approximate surface area is 933 Å². The average molecular weight is 2590 g/mol. The molecule has 779 valence electrons. The molecule has 49 heteroatoms. The number of benzene rings is 5. The molecule has 6 aromatic heterocycles. The number of likely N-dealkylation sites (N-methyl/N-ethyl adjacent to an activating group) is 1. The number of thiophene rings is 1. The van der Waals surface area contributed by atoms with Crippen LogP contribution in [0.2, 0.25) is 0 Å². The maximum absolute atomic E-state index is 14.3. The number of H-pyrrole nitrogens is 1. The van der Waals surface area contributed by atoms with E-state index in [0.29, 0.717) is 132 Å². The number of methoxy groups -OCH3 is 13. The minimum Gasteiger partial charge on any atom is -1.00 e. The number of hydrogen-bond donors (Lipinski definition) is 6. The molecule has 38 nitrogen and oxygen atoms in total. The summed E-state index contributed by atoms with van der Waals surface area (Å²) in [5, 5.41) is 13.4. The monoisotopic (exact) mass is 2590 g/mol. The summed E-state index contributed by atoms with van der Waals surface area (Å²) in [6, 6.07) is 24.6. The van der Waals surface area contributed by atoms with E-state index in [4.69, 9.17) is 66.4 Å². The smallest absolute Gasteiger partial charge is 1.00 e. The number of halogens is 7. The van der Waals surface area contributed by atoms with E-state index in [2.05, 4.69) is 66.9 Å². The second kappa shape index (κ2) is 67.8. The third-order valence-corrected chi connectivity index (χ3v) is 24.7. The second-order valence-corrected chi connectivity index (χ2v) is 34.3. The molecule has 0 aliphatic carbocycles. The molecule has 0 saturated heterocycles. The van der Waals surface area contributed by atoms with Crippen LogP contribution in [0.5, 0.6) is 75.4 Å². The Hall–Kier alpha value is -10.9. The summed E-state index contributed by atoms with van der Waals surface area (Å²) in [5.74, 6) is 1.54. The number of amides is 5. The van der Waals surface area contributed by atoms with Crippen molar-refractivity contribution in [3.05, 3.63) is 254 Å². The number of fused-ring (bicyclic) bond motifs is 1. The Morgan fingerprint density at radius 2 is 0.834 bits per heavy atom. The molecule has 5 aromatic carbocycles. The molecule has 5 amide bonds. The number of Topliss-reactive ketones (excluding diaryl/α,β-unsaturated/α-hetero) is 3. The summed E-state index contributed by atoms with van der Waals surface area (Å²) < 4.78 is 94.2. The molecule has 6 heterocycles. The van der Waals surface area contributed by atoms with Crippen molar-refractivity contribution in [2.24, 2.45) is 4.30 Å². The van der Waals surface area contributed by atoms with Gasteiger partial charge in [-0.2, -0.15) is 13.8 Å². The number of thiol groups is 1. The van der Waals surface area contributed by atoms with E-state index < -0.39 is 63.7 Å². The molecule has 0 bridgehead atoms. The largest absolute Gasteiger partial charge is 2.00 e. The van der Waals surface area contributed by atoms with E-state index in [1.807, 2.05) is 149 Å². The Morgan fingerprint density at radius 1 is 0.476 bits per heavy atom. The normalized spacial score (nSPS) is 9.87. The van der Waals surface area contributed by atoms with Crippen LogP contribution in [-0.4, -0.2) is 239 Å². The van der Waals surface area contributed by atoms with Gasteiger partial charge in [-0.05, 0) is 213 Å². The number of nitrogens with zero attached hydrogens (tertiary/aromatic N) is 6. The quantitative estimate of drug-likeness (QED) is 0.00545. The molecule has 0 fully saturated rings. The van der Waals surface area contributed by atoms with Gasteiger partial charge in [0.15, 0.2) is 74.7 Å². The number of nitrogens with one attached hydrogen (secondary N) is 5. The third kappa shape index (κ3) is 36.9. The van der Waals surface area contributed by atoms with Crippen LogP contribution >= 0.6 is 130 Å². The van der Waals surface area contributed by atoms with E-state index in [-0.39, 0.29) is 123 Å². The van der Waals surface area contributed by atoms with Gasteiger partial charge >= 0.3 is 47.8 Å². The number of hydrogen-bond acceptors (Lipinski definition) is 30. The van der Waals surface area contributed by atoms with E-state index in [0.717, 1.165) is 15.2 Å². The zero-order valence-corrected chi connectivity index (χ0v) is 96.5. The first-order valence-corrected chi connectivity index (χ1v) is 48.3. The average Bonchev–Trinajstić information content (AvgIpc) is 1.65. The maximum Gasteiger partial charge on any atom is 2.00 e. The number of aryl methyl sites for hydroxylation is 4. The van der Waals surface area contributed by atoms with Gasteiger partial charge in [-0.1, -0.05) is 19.6 Å². The summed E-state index contributed by atoms with van der Waals surface area (Å²) in [4.78, 5) is 167. The number of carbonyl (C=O) groups excluding carboxylic acids is 8. The predicted octanol–water partition coefficient (Wildman–Crippen LogP) is 11.1. The van der Waals surface area contributed by atoms with Crippen LogP contribution in [0.4, 0.5) is 4.39 Å². The van der Waals surface area contributed by atoms with Crippen molar-refractivity contribution in [2.45, 2.75) is 75.1 Å². The second-order valence-electron chi connectivity index (χ2n) is 27.9. The molecule has 0 aliphatic heterocycles. The van der Waals surface area contributed by atoms with Crippen LogP contribution in [0.1, 0.15) is 121 Å². The molecule has 0 saturated carbocycles. The van der Waals surface area contributed by atoms with Crippen LogP contribution in [0.15, 0.2) is 166 Å². The van der Waals surface area contributed by atoms with Gasteiger partial charge in [0, 0.05) is 109 Å². The Morgan fingerprint density at radius 3 is 1.20 bits per heavy atom. The molecule has 5 N–H and O–H groups in total. The zero-order valence-electron chi connectivity index (χ0n) is 82.4. The number of rotatable bonds is 34. The molecular formula is C96H112BBrClFI4MgN11O27S2.